The topological polar surface area (TPSA) is 26.0 Å². The Balaban J connectivity index is 0.000000810. The van der Waals surface area contributed by atoms with E-state index in [1.165, 1.54) is 5.56 Å². The minimum Gasteiger partial charge on any atom is -0.324 e. The first-order chi connectivity index (χ1) is 4.30. The zero-order valence-electron chi connectivity index (χ0n) is 5.54. The van der Waals surface area contributed by atoms with Crippen molar-refractivity contribution in [3.63, 3.8) is 0 Å². The van der Waals surface area contributed by atoms with Gasteiger partial charge in [0.2, 0.25) is 0 Å². The van der Waals surface area contributed by atoms with E-state index in [1.54, 1.807) is 0 Å². The molecule has 2 N–H and O–H groups in total. The number of rotatable bonds is 1. The third kappa shape index (κ3) is 1.54. The highest BCUT2D eigenvalue weighted by atomic mass is 14.6. The molecule has 50 valence electrons. The Hall–Kier alpha value is -0.820. The Morgan fingerprint density at radius 1 is 1.33 bits per heavy atom. The van der Waals surface area contributed by atoms with Crippen LogP contribution in [0.25, 0.3) is 0 Å². The van der Waals surface area contributed by atoms with Gasteiger partial charge in [-0.1, -0.05) is 30.3 Å². The molecule has 0 aliphatic carbocycles. The van der Waals surface area contributed by atoms with E-state index in [0.717, 1.165) is 0 Å². The maximum Gasteiger partial charge on any atom is 0.0266 e. The van der Waals surface area contributed by atoms with Crippen molar-refractivity contribution in [2.45, 2.75) is 13.0 Å². The molecule has 0 saturated heterocycles. The van der Waals surface area contributed by atoms with Crippen molar-refractivity contribution >= 4 is 0 Å². The molecule has 0 aliphatic heterocycles. The Morgan fingerprint density at radius 3 is 2.22 bits per heavy atom. The van der Waals surface area contributed by atoms with Crippen molar-refractivity contribution in [1.29, 1.82) is 0 Å². The molecule has 0 aromatic heterocycles. The molecule has 1 rings (SSSR count). The lowest BCUT2D eigenvalue weighted by Gasteiger charge is -2.02. The van der Waals surface area contributed by atoms with E-state index in [0.29, 0.717) is 0 Å². The number of hydrogen-bond acceptors (Lipinski definition) is 1. The zero-order chi connectivity index (χ0) is 6.69. The summed E-state index contributed by atoms with van der Waals surface area (Å²) >= 11 is 0. The maximum atomic E-state index is 5.61. The largest absolute Gasteiger partial charge is 0.324 e. The molecule has 0 unspecified atom stereocenters. The van der Waals surface area contributed by atoms with Crippen LogP contribution >= 0.6 is 0 Å². The first-order valence-electron chi connectivity index (χ1n) is 3.11. The Labute approximate surface area is 57.0 Å². The summed E-state index contributed by atoms with van der Waals surface area (Å²) in [6, 6.07) is 10.2. The molecule has 1 nitrogen and oxygen atoms in total. The van der Waals surface area contributed by atoms with Crippen molar-refractivity contribution < 1.29 is 1.43 Å². The number of hydrogen-bond donors (Lipinski definition) is 1. The van der Waals surface area contributed by atoms with Gasteiger partial charge >= 0.3 is 0 Å². The Morgan fingerprint density at radius 2 is 1.89 bits per heavy atom. The molecule has 0 bridgehead atoms. The molecule has 9 heavy (non-hydrogen) atoms. The molecule has 1 aromatic rings. The molecule has 0 radical (unpaired) electrons. The van der Waals surface area contributed by atoms with Crippen LogP contribution in [0, 0.1) is 0 Å². The summed E-state index contributed by atoms with van der Waals surface area (Å²) in [7, 11) is 0. The second-order valence-corrected chi connectivity index (χ2v) is 2.20. The predicted molar refractivity (Wildman–Crippen MR) is 41.2 cm³/mol. The normalized spacial score (nSPS) is 13.1. The van der Waals surface area contributed by atoms with Crippen molar-refractivity contribution in [2.75, 3.05) is 0 Å². The molecule has 1 aromatic carbocycles. The molecular formula is C8H13N. The van der Waals surface area contributed by atoms with Gasteiger partial charge < -0.3 is 5.73 Å². The van der Waals surface area contributed by atoms with Crippen LogP contribution in [-0.2, 0) is 0 Å². The van der Waals surface area contributed by atoms with E-state index in [1.807, 2.05) is 37.3 Å². The van der Waals surface area contributed by atoms with Crippen molar-refractivity contribution in [1.82, 2.24) is 0 Å². The van der Waals surface area contributed by atoms with Crippen molar-refractivity contribution in [3.8, 4) is 0 Å². The van der Waals surface area contributed by atoms with Gasteiger partial charge in [0.1, 0.15) is 0 Å². The average molecular weight is 123 g/mol. The van der Waals surface area contributed by atoms with Gasteiger partial charge in [0.05, 0.1) is 0 Å². The van der Waals surface area contributed by atoms with Crippen LogP contribution in [0.3, 0.4) is 0 Å². The monoisotopic (exact) mass is 123 g/mol. The van der Waals surface area contributed by atoms with Gasteiger partial charge in [-0.25, -0.2) is 0 Å². The minimum absolute atomic E-state index is 0. The fourth-order valence-corrected chi connectivity index (χ4v) is 0.757. The van der Waals surface area contributed by atoms with Crippen molar-refractivity contribution in [2.24, 2.45) is 5.73 Å². The first-order valence-corrected chi connectivity index (χ1v) is 3.11. The highest BCUT2D eigenvalue weighted by molar-refractivity contribution is 5.17. The van der Waals surface area contributed by atoms with Gasteiger partial charge in [0, 0.05) is 7.47 Å². The summed E-state index contributed by atoms with van der Waals surface area (Å²) in [5.74, 6) is 0. The molecule has 0 saturated carbocycles. The summed E-state index contributed by atoms with van der Waals surface area (Å²) in [5, 5.41) is 0. The molecule has 0 heterocycles. The lowest BCUT2D eigenvalue weighted by molar-refractivity contribution is 0.818. The van der Waals surface area contributed by atoms with E-state index >= 15 is 0 Å². The van der Waals surface area contributed by atoms with Crippen LogP contribution in [0.15, 0.2) is 30.3 Å². The molecule has 0 fully saturated rings. The quantitative estimate of drug-likeness (QED) is 0.607. The van der Waals surface area contributed by atoms with Gasteiger partial charge in [-0.05, 0) is 12.5 Å². The molecule has 1 heteroatoms. The minimum atomic E-state index is 0. The molecular weight excluding hydrogens is 110 g/mol. The summed E-state index contributed by atoms with van der Waals surface area (Å²) in [6.45, 7) is 1.98. The van der Waals surface area contributed by atoms with E-state index in [-0.39, 0.29) is 7.47 Å². The maximum absolute atomic E-state index is 5.61. The van der Waals surface area contributed by atoms with Crippen LogP contribution in [0.1, 0.15) is 20.0 Å². The summed E-state index contributed by atoms with van der Waals surface area (Å²) in [6.07, 6.45) is 0. The van der Waals surface area contributed by atoms with Gasteiger partial charge in [-0.2, -0.15) is 0 Å². The van der Waals surface area contributed by atoms with Crippen LogP contribution in [0.2, 0.25) is 0 Å². The van der Waals surface area contributed by atoms with E-state index < -0.39 is 0 Å². The van der Waals surface area contributed by atoms with Crippen molar-refractivity contribution in [3.05, 3.63) is 35.9 Å². The van der Waals surface area contributed by atoms with Gasteiger partial charge in [-0.3, -0.25) is 0 Å². The second kappa shape index (κ2) is 2.65. The third-order valence-corrected chi connectivity index (χ3v) is 1.33. The first kappa shape index (κ1) is 6.30. The van der Waals surface area contributed by atoms with E-state index in [2.05, 4.69) is 0 Å². The fourth-order valence-electron chi connectivity index (χ4n) is 0.757. The zero-order valence-corrected chi connectivity index (χ0v) is 5.54. The molecule has 0 aliphatic rings. The Kier molecular flexibility index (Phi) is 1.85. The van der Waals surface area contributed by atoms with Crippen LogP contribution in [-0.4, -0.2) is 0 Å². The van der Waals surface area contributed by atoms with Gasteiger partial charge in [-0.15, -0.1) is 0 Å². The summed E-state index contributed by atoms with van der Waals surface area (Å²) in [4.78, 5) is 0. The van der Waals surface area contributed by atoms with E-state index in [9.17, 15) is 0 Å². The van der Waals surface area contributed by atoms with Gasteiger partial charge in [0.25, 0.3) is 0 Å². The SMILES string of the molecule is C[C@H](N)c1ccccc1.[HH]. The lowest BCUT2D eigenvalue weighted by Crippen LogP contribution is -2.03. The standard InChI is InChI=1S/C8H11N.H2/c1-7(9)8-5-3-2-4-6-8;/h2-7H,9H2,1H3;1H/t7-;/m0./s1. The molecule has 0 spiro atoms. The summed E-state index contributed by atoms with van der Waals surface area (Å²) < 4.78 is 0. The van der Waals surface area contributed by atoms with Crippen LogP contribution in [0.4, 0.5) is 0 Å². The highest BCUT2D eigenvalue weighted by Crippen LogP contribution is 2.06. The number of benzene rings is 1. The van der Waals surface area contributed by atoms with E-state index in [4.69, 9.17) is 5.73 Å². The molecule has 0 amide bonds. The lowest BCUT2D eigenvalue weighted by atomic mass is 10.1. The van der Waals surface area contributed by atoms with Crippen LogP contribution in [0.5, 0.6) is 0 Å². The third-order valence-electron chi connectivity index (χ3n) is 1.33. The van der Waals surface area contributed by atoms with Gasteiger partial charge in [0.15, 0.2) is 0 Å². The smallest absolute Gasteiger partial charge is 0.0266 e. The predicted octanol–water partition coefficient (Wildman–Crippen LogP) is 1.95. The molecule has 1 atom stereocenters. The number of nitrogens with two attached hydrogens (primary N) is 1. The fraction of sp³-hybridized carbons (Fsp3) is 0.250. The summed E-state index contributed by atoms with van der Waals surface area (Å²) in [5.41, 5.74) is 6.81. The Bertz CT molecular complexity index is 172. The second-order valence-electron chi connectivity index (χ2n) is 2.20. The highest BCUT2D eigenvalue weighted by Gasteiger charge is 1.93. The van der Waals surface area contributed by atoms with Crippen LogP contribution < -0.4 is 5.73 Å². The average Bonchev–Trinajstić information content (AvgIpc) is 1.90.